The standard InChI is InChI=1S/C16H21N5O5S/c1-6-25-14(24)11-10(8(3)22)9(4)26-13(11)18-12(23)7(2)21-15(17)19-20-16(21)27-5/h7H,6H2,1-5H3,(H2,17,19)(H,18,23). The highest BCUT2D eigenvalue weighted by Gasteiger charge is 2.30. The number of carbonyl (C=O) groups is 3. The minimum atomic E-state index is -0.788. The van der Waals surface area contributed by atoms with Crippen molar-refractivity contribution in [1.82, 2.24) is 14.8 Å². The Morgan fingerprint density at radius 1 is 1.33 bits per heavy atom. The van der Waals surface area contributed by atoms with Gasteiger partial charge in [0.15, 0.2) is 10.9 Å². The SMILES string of the molecule is CCOC(=O)c1c(NC(=O)C(C)n2c(N)nnc2SC)oc(C)c1C(C)=O. The van der Waals surface area contributed by atoms with Gasteiger partial charge < -0.3 is 14.9 Å². The van der Waals surface area contributed by atoms with Crippen LogP contribution in [0.25, 0.3) is 0 Å². The zero-order valence-electron chi connectivity index (χ0n) is 15.7. The van der Waals surface area contributed by atoms with E-state index in [0.29, 0.717) is 5.16 Å². The molecular weight excluding hydrogens is 374 g/mol. The summed E-state index contributed by atoms with van der Waals surface area (Å²) in [6.07, 6.45) is 1.78. The number of rotatable bonds is 7. The van der Waals surface area contributed by atoms with E-state index >= 15 is 0 Å². The monoisotopic (exact) mass is 395 g/mol. The smallest absolute Gasteiger partial charge is 0.344 e. The van der Waals surface area contributed by atoms with Crippen molar-refractivity contribution in [2.75, 3.05) is 23.9 Å². The van der Waals surface area contributed by atoms with Crippen LogP contribution in [0.4, 0.5) is 11.8 Å². The van der Waals surface area contributed by atoms with Crippen molar-refractivity contribution in [2.24, 2.45) is 0 Å². The van der Waals surface area contributed by atoms with Crippen LogP contribution < -0.4 is 11.1 Å². The predicted molar refractivity (Wildman–Crippen MR) is 99.0 cm³/mol. The van der Waals surface area contributed by atoms with Crippen LogP contribution in [-0.4, -0.2) is 45.3 Å². The van der Waals surface area contributed by atoms with Crippen molar-refractivity contribution in [2.45, 2.75) is 38.9 Å². The summed E-state index contributed by atoms with van der Waals surface area (Å²) in [5.74, 6) is -1.51. The molecular formula is C16H21N5O5S. The molecule has 0 aromatic carbocycles. The third kappa shape index (κ3) is 3.97. The number of ketones is 1. The average Bonchev–Trinajstić information content (AvgIpc) is 3.13. The van der Waals surface area contributed by atoms with Gasteiger partial charge in [0.25, 0.3) is 0 Å². The first kappa shape index (κ1) is 20.5. The summed E-state index contributed by atoms with van der Waals surface area (Å²) in [5, 5.41) is 10.6. The fourth-order valence-electron chi connectivity index (χ4n) is 2.58. The highest BCUT2D eigenvalue weighted by Crippen LogP contribution is 2.30. The number of nitrogens with zero attached hydrogens (tertiary/aromatic N) is 3. The maximum atomic E-state index is 12.7. The van der Waals surface area contributed by atoms with Crippen LogP contribution in [-0.2, 0) is 9.53 Å². The molecule has 3 N–H and O–H groups in total. The quantitative estimate of drug-likeness (QED) is 0.409. The minimum Gasteiger partial charge on any atom is -0.462 e. The number of ether oxygens (including phenoxy) is 1. The Bertz CT molecular complexity index is 888. The molecule has 0 aliphatic heterocycles. The summed E-state index contributed by atoms with van der Waals surface area (Å²) in [6.45, 7) is 6.18. The lowest BCUT2D eigenvalue weighted by Gasteiger charge is -2.15. The van der Waals surface area contributed by atoms with Crippen molar-refractivity contribution in [3.63, 3.8) is 0 Å². The van der Waals surface area contributed by atoms with E-state index in [1.165, 1.54) is 30.2 Å². The third-order valence-electron chi connectivity index (χ3n) is 3.79. The molecule has 0 radical (unpaired) electrons. The maximum Gasteiger partial charge on any atom is 0.344 e. The number of anilines is 2. The van der Waals surface area contributed by atoms with Crippen molar-refractivity contribution < 1.29 is 23.5 Å². The second-order valence-corrected chi connectivity index (χ2v) is 6.37. The molecule has 0 saturated carbocycles. The second-order valence-electron chi connectivity index (χ2n) is 5.59. The van der Waals surface area contributed by atoms with Gasteiger partial charge in [-0.05, 0) is 34.0 Å². The van der Waals surface area contributed by atoms with Gasteiger partial charge in [0.1, 0.15) is 17.4 Å². The lowest BCUT2D eigenvalue weighted by atomic mass is 10.1. The van der Waals surface area contributed by atoms with Crippen LogP contribution >= 0.6 is 11.8 Å². The first-order chi connectivity index (χ1) is 12.7. The van der Waals surface area contributed by atoms with Crippen molar-refractivity contribution in [1.29, 1.82) is 0 Å². The van der Waals surface area contributed by atoms with Crippen molar-refractivity contribution in [3.05, 3.63) is 16.9 Å². The zero-order chi connectivity index (χ0) is 20.3. The molecule has 2 heterocycles. The van der Waals surface area contributed by atoms with Crippen LogP contribution in [0.2, 0.25) is 0 Å². The van der Waals surface area contributed by atoms with Gasteiger partial charge in [0.05, 0.1) is 12.2 Å². The van der Waals surface area contributed by atoms with E-state index in [4.69, 9.17) is 14.9 Å². The highest BCUT2D eigenvalue weighted by molar-refractivity contribution is 7.98. The lowest BCUT2D eigenvalue weighted by molar-refractivity contribution is -0.119. The number of thioether (sulfide) groups is 1. The van der Waals surface area contributed by atoms with Crippen molar-refractivity contribution >= 4 is 41.3 Å². The number of furan rings is 1. The predicted octanol–water partition coefficient (Wildman–Crippen LogP) is 2.06. The topological polar surface area (TPSA) is 142 Å². The summed E-state index contributed by atoms with van der Waals surface area (Å²) >= 11 is 1.28. The molecule has 2 aromatic heterocycles. The molecule has 0 aliphatic rings. The Kier molecular flexibility index (Phi) is 6.26. The first-order valence-electron chi connectivity index (χ1n) is 8.09. The van der Waals surface area contributed by atoms with Crippen LogP contribution in [0.15, 0.2) is 9.57 Å². The van der Waals surface area contributed by atoms with Gasteiger partial charge in [-0.2, -0.15) is 0 Å². The highest BCUT2D eigenvalue weighted by atomic mass is 32.2. The third-order valence-corrected chi connectivity index (χ3v) is 4.44. The average molecular weight is 395 g/mol. The molecule has 146 valence electrons. The van der Waals surface area contributed by atoms with E-state index in [1.807, 2.05) is 0 Å². The van der Waals surface area contributed by atoms with E-state index in [9.17, 15) is 14.4 Å². The van der Waals surface area contributed by atoms with Gasteiger partial charge >= 0.3 is 5.97 Å². The molecule has 0 saturated heterocycles. The molecule has 1 amide bonds. The molecule has 2 aromatic rings. The van der Waals surface area contributed by atoms with Crippen LogP contribution in [0.5, 0.6) is 0 Å². The van der Waals surface area contributed by atoms with Gasteiger partial charge in [-0.3, -0.25) is 19.5 Å². The summed E-state index contributed by atoms with van der Waals surface area (Å²) in [5.41, 5.74) is 5.76. The Labute approximate surface area is 159 Å². The van der Waals surface area contributed by atoms with Gasteiger partial charge in [-0.15, -0.1) is 10.2 Å². The number of Topliss-reactive ketones (excluding diaryl/α,β-unsaturated/α-hetero) is 1. The molecule has 0 spiro atoms. The van der Waals surface area contributed by atoms with E-state index in [1.54, 1.807) is 20.1 Å². The summed E-state index contributed by atoms with van der Waals surface area (Å²) < 4.78 is 11.9. The van der Waals surface area contributed by atoms with E-state index in [2.05, 4.69) is 15.5 Å². The fraction of sp³-hybridized carbons (Fsp3) is 0.438. The number of nitrogens with two attached hydrogens (primary N) is 1. The fourth-order valence-corrected chi connectivity index (χ4v) is 3.15. The molecule has 2 rings (SSSR count). The van der Waals surface area contributed by atoms with Crippen LogP contribution in [0.1, 0.15) is 53.3 Å². The maximum absolute atomic E-state index is 12.7. The number of nitrogen functional groups attached to an aromatic ring is 1. The van der Waals surface area contributed by atoms with Crippen LogP contribution in [0, 0.1) is 6.92 Å². The molecule has 0 bridgehead atoms. The molecule has 1 atom stereocenters. The number of hydrogen-bond acceptors (Lipinski definition) is 9. The first-order valence-corrected chi connectivity index (χ1v) is 9.31. The Balaban J connectivity index is 2.40. The van der Waals surface area contributed by atoms with Crippen molar-refractivity contribution in [3.8, 4) is 0 Å². The van der Waals surface area contributed by atoms with Gasteiger partial charge in [-0.25, -0.2) is 4.79 Å². The number of aryl methyl sites for hydroxylation is 1. The zero-order valence-corrected chi connectivity index (χ0v) is 16.5. The number of hydrogen-bond donors (Lipinski definition) is 2. The van der Waals surface area contributed by atoms with Gasteiger partial charge in [-0.1, -0.05) is 11.8 Å². The number of carbonyl (C=O) groups excluding carboxylic acids is 3. The number of esters is 1. The minimum absolute atomic E-state index is 0.0741. The Morgan fingerprint density at radius 2 is 2.00 bits per heavy atom. The van der Waals surface area contributed by atoms with E-state index in [-0.39, 0.29) is 41.1 Å². The second kappa shape index (κ2) is 8.25. The number of amides is 1. The number of nitrogens with one attached hydrogen (secondary N) is 1. The number of aromatic nitrogens is 3. The summed E-state index contributed by atoms with van der Waals surface area (Å²) in [4.78, 5) is 36.9. The molecule has 10 nitrogen and oxygen atoms in total. The molecule has 11 heteroatoms. The Hall–Kier alpha value is -2.82. The largest absolute Gasteiger partial charge is 0.462 e. The lowest BCUT2D eigenvalue weighted by Crippen LogP contribution is -2.26. The molecule has 0 aliphatic carbocycles. The molecule has 27 heavy (non-hydrogen) atoms. The van der Waals surface area contributed by atoms with Crippen LogP contribution in [0.3, 0.4) is 0 Å². The summed E-state index contributed by atoms with van der Waals surface area (Å²) in [7, 11) is 0. The molecule has 0 fully saturated rings. The van der Waals surface area contributed by atoms with E-state index < -0.39 is 17.9 Å². The normalized spacial score (nSPS) is 11.9. The van der Waals surface area contributed by atoms with E-state index in [0.717, 1.165) is 0 Å². The Morgan fingerprint density at radius 3 is 2.56 bits per heavy atom. The summed E-state index contributed by atoms with van der Waals surface area (Å²) in [6, 6.07) is -0.788. The van der Waals surface area contributed by atoms with Gasteiger partial charge in [0, 0.05) is 0 Å². The van der Waals surface area contributed by atoms with Gasteiger partial charge in [0.2, 0.25) is 17.7 Å². The molecule has 1 unspecified atom stereocenters.